The Morgan fingerprint density at radius 1 is 1.21 bits per heavy atom. The zero-order chi connectivity index (χ0) is 25.3. The average Bonchev–Trinajstić information content (AvgIpc) is 3.11. The van der Waals surface area contributed by atoms with E-state index in [1.165, 1.54) is 4.40 Å². The minimum atomic E-state index is -4.67. The van der Waals surface area contributed by atoms with E-state index >= 15 is 0 Å². The van der Waals surface area contributed by atoms with Gasteiger partial charge in [0, 0.05) is 32.8 Å². The Hall–Kier alpha value is -1.66. The van der Waals surface area contributed by atoms with Crippen molar-refractivity contribution in [1.82, 2.24) is 24.3 Å². The summed E-state index contributed by atoms with van der Waals surface area (Å²) >= 11 is 12.3. The second-order valence-corrected chi connectivity index (χ2v) is 9.02. The summed E-state index contributed by atoms with van der Waals surface area (Å²) in [7, 11) is -1.51. The van der Waals surface area contributed by atoms with Gasteiger partial charge in [0.1, 0.15) is 5.82 Å². The van der Waals surface area contributed by atoms with Crippen LogP contribution in [0, 0.1) is 6.92 Å². The maximum Gasteiger partial charge on any atom is 0.394 e. The van der Waals surface area contributed by atoms with Crippen LogP contribution >= 0.6 is 43.5 Å². The van der Waals surface area contributed by atoms with E-state index in [9.17, 15) is 4.79 Å². The van der Waals surface area contributed by atoms with Gasteiger partial charge in [-0.15, -0.1) is 0 Å². The topological polar surface area (TPSA) is 181 Å². The molecule has 0 saturated heterocycles. The van der Waals surface area contributed by atoms with Crippen LogP contribution in [0.15, 0.2) is 32.3 Å². The van der Waals surface area contributed by atoms with Gasteiger partial charge in [0.05, 0.1) is 20.7 Å². The Labute approximate surface area is 210 Å². The second kappa shape index (κ2) is 13.3. The number of imidazole rings is 1. The molecular formula is C16H21Br2ClN6O7S. The fourth-order valence-corrected chi connectivity index (χ4v) is 3.15. The van der Waals surface area contributed by atoms with Crippen molar-refractivity contribution in [1.29, 1.82) is 0 Å². The molecule has 0 aliphatic heterocycles. The Kier molecular flexibility index (Phi) is 11.8. The van der Waals surface area contributed by atoms with Crippen molar-refractivity contribution in [2.75, 3.05) is 19.5 Å². The lowest BCUT2D eigenvalue weighted by atomic mass is 10.3. The third kappa shape index (κ3) is 10.4. The molecule has 17 heteroatoms. The molecule has 0 fully saturated rings. The van der Waals surface area contributed by atoms with E-state index in [-0.39, 0.29) is 23.3 Å². The van der Waals surface area contributed by atoms with Gasteiger partial charge < -0.3 is 19.8 Å². The lowest BCUT2D eigenvalue weighted by Gasteiger charge is -2.22. The molecule has 1 unspecified atom stereocenters. The number of aryl methyl sites for hydroxylation is 1. The van der Waals surface area contributed by atoms with Crippen molar-refractivity contribution in [3.8, 4) is 0 Å². The molecule has 0 spiro atoms. The Bertz CT molecular complexity index is 1210. The van der Waals surface area contributed by atoms with Gasteiger partial charge in [-0.3, -0.25) is 13.5 Å². The van der Waals surface area contributed by atoms with E-state index < -0.39 is 10.4 Å². The van der Waals surface area contributed by atoms with Gasteiger partial charge in [-0.1, -0.05) is 0 Å². The lowest BCUT2D eigenvalue weighted by molar-refractivity contribution is -0.109. The van der Waals surface area contributed by atoms with Crippen LogP contribution in [0.1, 0.15) is 12.6 Å². The first-order valence-electron chi connectivity index (χ1n) is 8.69. The number of H-pyrrole nitrogens is 1. The molecule has 184 valence electrons. The van der Waals surface area contributed by atoms with Crippen LogP contribution in [0.4, 0.5) is 5.82 Å². The van der Waals surface area contributed by atoms with Crippen molar-refractivity contribution in [3.63, 3.8) is 0 Å². The van der Waals surface area contributed by atoms with E-state index in [0.717, 1.165) is 14.6 Å². The molecule has 3 heterocycles. The average molecular weight is 637 g/mol. The van der Waals surface area contributed by atoms with E-state index in [2.05, 4.69) is 57.1 Å². The standard InChI is InChI=1S/C9H13BrClN3O2.C7H6BrN3O.H2O4S/c1-5(8(15-2)16-3)13-7-6(10)4-12-9(11)14-7;1-4-3-11-6(10-4)5(8)2-9-7(11)12;1-5(2,3)4/h4-5,8H,1-3H3,(H,12,13,14);2-3H,1H3,(H,9,12);(H2,1,2,3,4). The van der Waals surface area contributed by atoms with E-state index in [1.54, 1.807) is 32.8 Å². The van der Waals surface area contributed by atoms with Crippen LogP contribution in [0.3, 0.4) is 0 Å². The molecule has 33 heavy (non-hydrogen) atoms. The number of methoxy groups -OCH3 is 2. The molecule has 0 bridgehead atoms. The smallest absolute Gasteiger partial charge is 0.361 e. The molecule has 3 aromatic heterocycles. The van der Waals surface area contributed by atoms with E-state index in [0.29, 0.717) is 11.5 Å². The van der Waals surface area contributed by atoms with Crippen LogP contribution in [0.5, 0.6) is 0 Å². The van der Waals surface area contributed by atoms with Crippen LogP contribution in [0.2, 0.25) is 5.28 Å². The highest BCUT2D eigenvalue weighted by Crippen LogP contribution is 2.21. The van der Waals surface area contributed by atoms with Crippen molar-refractivity contribution >= 4 is 65.3 Å². The number of nitrogens with zero attached hydrogens (tertiary/aromatic N) is 4. The van der Waals surface area contributed by atoms with Crippen molar-refractivity contribution < 1.29 is 27.0 Å². The highest BCUT2D eigenvalue weighted by molar-refractivity contribution is 9.11. The SMILES string of the molecule is COC(OC)C(C)Nc1nc(Cl)ncc1Br.Cc1cn2c(=O)[nH]cc(Br)c2n1.O=S(=O)(O)O. The molecule has 3 rings (SSSR count). The maximum absolute atomic E-state index is 11.2. The Balaban J connectivity index is 0.000000281. The summed E-state index contributed by atoms with van der Waals surface area (Å²) in [5.74, 6) is 0.603. The summed E-state index contributed by atoms with van der Waals surface area (Å²) in [5.41, 5.74) is 1.30. The van der Waals surface area contributed by atoms with Gasteiger partial charge in [0.15, 0.2) is 11.9 Å². The Morgan fingerprint density at radius 2 is 1.79 bits per heavy atom. The molecule has 4 N–H and O–H groups in total. The summed E-state index contributed by atoms with van der Waals surface area (Å²) in [6.07, 6.45) is 4.50. The molecule has 0 aliphatic carbocycles. The minimum absolute atomic E-state index is 0.0720. The van der Waals surface area contributed by atoms with Gasteiger partial charge >= 0.3 is 16.1 Å². The first-order valence-corrected chi connectivity index (χ1v) is 12.1. The maximum atomic E-state index is 11.2. The van der Waals surface area contributed by atoms with Crippen LogP contribution in [0.25, 0.3) is 5.65 Å². The van der Waals surface area contributed by atoms with Gasteiger partial charge in [-0.2, -0.15) is 13.4 Å². The summed E-state index contributed by atoms with van der Waals surface area (Å²) in [6, 6.07) is -0.0720. The van der Waals surface area contributed by atoms with Crippen molar-refractivity contribution in [2.24, 2.45) is 0 Å². The monoisotopic (exact) mass is 634 g/mol. The zero-order valence-electron chi connectivity index (χ0n) is 17.7. The molecule has 0 aromatic carbocycles. The third-order valence-corrected chi connectivity index (χ3v) is 4.88. The quantitative estimate of drug-likeness (QED) is 0.184. The number of hydrogen-bond donors (Lipinski definition) is 4. The molecule has 0 aliphatic rings. The summed E-state index contributed by atoms with van der Waals surface area (Å²) < 4.78 is 44.8. The van der Waals surface area contributed by atoms with Gasteiger partial charge in [-0.05, 0) is 57.3 Å². The summed E-state index contributed by atoms with van der Waals surface area (Å²) in [4.78, 5) is 25.8. The number of rotatable bonds is 5. The molecule has 13 nitrogen and oxygen atoms in total. The second-order valence-electron chi connectivity index (χ2n) is 6.07. The molecule has 0 amide bonds. The van der Waals surface area contributed by atoms with Crippen LogP contribution in [-0.2, 0) is 19.9 Å². The number of nitrogens with one attached hydrogen (secondary N) is 2. The molecule has 0 saturated carbocycles. The predicted octanol–water partition coefficient (Wildman–Crippen LogP) is 2.75. The number of ether oxygens (including phenoxy) is 2. The van der Waals surface area contributed by atoms with Gasteiger partial charge in [-0.25, -0.2) is 14.8 Å². The van der Waals surface area contributed by atoms with E-state index in [1.807, 2.05) is 13.8 Å². The number of anilines is 1. The molecule has 1 atom stereocenters. The molecule has 3 aromatic rings. The fraction of sp³-hybridized carbons (Fsp3) is 0.375. The van der Waals surface area contributed by atoms with Crippen LogP contribution < -0.4 is 11.0 Å². The zero-order valence-corrected chi connectivity index (χ0v) is 22.4. The van der Waals surface area contributed by atoms with Gasteiger partial charge in [0.2, 0.25) is 5.28 Å². The first-order chi connectivity index (χ1) is 15.3. The summed E-state index contributed by atoms with van der Waals surface area (Å²) in [6.45, 7) is 3.76. The van der Waals surface area contributed by atoms with Crippen molar-refractivity contribution in [3.05, 3.63) is 49.0 Å². The predicted molar refractivity (Wildman–Crippen MR) is 128 cm³/mol. The summed E-state index contributed by atoms with van der Waals surface area (Å²) in [5, 5.41) is 3.31. The number of halogens is 3. The third-order valence-electron chi connectivity index (χ3n) is 3.53. The highest BCUT2D eigenvalue weighted by Gasteiger charge is 2.17. The number of aromatic nitrogens is 5. The van der Waals surface area contributed by atoms with E-state index in [4.69, 9.17) is 38.6 Å². The fourth-order valence-electron chi connectivity index (χ4n) is 2.32. The number of fused-ring (bicyclic) bond motifs is 1. The lowest BCUT2D eigenvalue weighted by Crippen LogP contribution is -2.34. The number of aromatic amines is 1. The van der Waals surface area contributed by atoms with Crippen LogP contribution in [-0.4, -0.2) is 68.4 Å². The Morgan fingerprint density at radius 3 is 2.30 bits per heavy atom. The first kappa shape index (κ1) is 29.4. The normalized spacial score (nSPS) is 11.9. The number of hydrogen-bond acceptors (Lipinski definition) is 9. The molecular weight excluding hydrogens is 616 g/mol. The van der Waals surface area contributed by atoms with Gasteiger partial charge in [0.25, 0.3) is 0 Å². The van der Waals surface area contributed by atoms with Crippen molar-refractivity contribution in [2.45, 2.75) is 26.2 Å². The highest BCUT2D eigenvalue weighted by atomic mass is 79.9. The minimum Gasteiger partial charge on any atom is -0.361 e. The largest absolute Gasteiger partial charge is 0.394 e. The molecule has 0 radical (unpaired) electrons.